The molecule has 0 saturated heterocycles. The molecule has 0 aliphatic rings. The lowest BCUT2D eigenvalue weighted by Crippen LogP contribution is -2.39. The summed E-state index contributed by atoms with van der Waals surface area (Å²) in [4.78, 5) is 11.8. The van der Waals surface area contributed by atoms with E-state index < -0.39 is 12.3 Å². The Hall–Kier alpha value is -1.55. The molecule has 0 aliphatic carbocycles. The zero-order chi connectivity index (χ0) is 10.6. The van der Waals surface area contributed by atoms with Gasteiger partial charge in [-0.15, -0.1) is 0 Å². The van der Waals surface area contributed by atoms with Crippen molar-refractivity contribution >= 4 is 11.8 Å². The topological polar surface area (TPSA) is 60.8 Å². The minimum atomic E-state index is -1.15. The Bertz CT molecular complexity index is 299. The quantitative estimate of drug-likeness (QED) is 0.724. The Kier molecular flexibility index (Phi) is 3.48. The van der Waals surface area contributed by atoms with E-state index in [0.29, 0.717) is 12.1 Å². The zero-order valence-electron chi connectivity index (χ0n) is 7.92. The maximum Gasteiger partial charge on any atom is 0.413 e. The number of aliphatic hydroxyl groups excluding tert-OH is 1. The maximum atomic E-state index is 10.9. The van der Waals surface area contributed by atoms with Crippen LogP contribution in [-0.4, -0.2) is 22.5 Å². The van der Waals surface area contributed by atoms with Gasteiger partial charge in [-0.1, -0.05) is 25.1 Å². The Labute approximate surface area is 82.4 Å². The molecular weight excluding hydrogens is 182 g/mol. The summed E-state index contributed by atoms with van der Waals surface area (Å²) in [6.45, 7) is 1.73. The van der Waals surface area contributed by atoms with Crippen molar-refractivity contribution in [2.75, 3.05) is 4.90 Å². The van der Waals surface area contributed by atoms with Gasteiger partial charge in [-0.05, 0) is 18.6 Å². The summed E-state index contributed by atoms with van der Waals surface area (Å²) in [6.07, 6.45) is -1.78. The van der Waals surface area contributed by atoms with E-state index in [-0.39, 0.29) is 0 Å². The van der Waals surface area contributed by atoms with Crippen LogP contribution in [0.25, 0.3) is 0 Å². The van der Waals surface area contributed by atoms with E-state index in [1.807, 2.05) is 0 Å². The van der Waals surface area contributed by atoms with Gasteiger partial charge >= 0.3 is 6.09 Å². The van der Waals surface area contributed by atoms with Gasteiger partial charge in [0.05, 0.1) is 0 Å². The first-order valence-corrected chi connectivity index (χ1v) is 4.42. The molecule has 0 fully saturated rings. The predicted molar refractivity (Wildman–Crippen MR) is 53.2 cm³/mol. The molecule has 2 N–H and O–H groups in total. The SMILES string of the molecule is CCC(O)N(C(=O)O)c1ccccc1. The lowest BCUT2D eigenvalue weighted by Gasteiger charge is -2.23. The van der Waals surface area contributed by atoms with Crippen LogP contribution < -0.4 is 4.90 Å². The zero-order valence-corrected chi connectivity index (χ0v) is 7.92. The van der Waals surface area contributed by atoms with Gasteiger partial charge in [-0.25, -0.2) is 4.79 Å². The van der Waals surface area contributed by atoms with Crippen LogP contribution >= 0.6 is 0 Å². The summed E-state index contributed by atoms with van der Waals surface area (Å²) in [7, 11) is 0. The number of nitrogens with zero attached hydrogens (tertiary/aromatic N) is 1. The molecule has 4 nitrogen and oxygen atoms in total. The van der Waals surface area contributed by atoms with E-state index in [1.165, 1.54) is 0 Å². The molecule has 14 heavy (non-hydrogen) atoms. The average Bonchev–Trinajstić information content (AvgIpc) is 2.19. The van der Waals surface area contributed by atoms with Crippen LogP contribution in [0.1, 0.15) is 13.3 Å². The fourth-order valence-electron chi connectivity index (χ4n) is 1.18. The summed E-state index contributed by atoms with van der Waals surface area (Å²) in [5.74, 6) is 0. The highest BCUT2D eigenvalue weighted by Crippen LogP contribution is 2.16. The monoisotopic (exact) mass is 195 g/mol. The van der Waals surface area contributed by atoms with E-state index in [9.17, 15) is 9.90 Å². The molecule has 0 bridgehead atoms. The molecule has 0 heterocycles. The summed E-state index contributed by atoms with van der Waals surface area (Å²) in [5.41, 5.74) is 0.481. The summed E-state index contributed by atoms with van der Waals surface area (Å²) in [6, 6.07) is 8.54. The van der Waals surface area contributed by atoms with Crippen LogP contribution in [0, 0.1) is 0 Å². The minimum absolute atomic E-state index is 0.362. The molecule has 1 amide bonds. The highest BCUT2D eigenvalue weighted by molar-refractivity contribution is 5.86. The Balaban J connectivity index is 2.95. The number of benzene rings is 1. The molecule has 1 unspecified atom stereocenters. The second-order valence-corrected chi connectivity index (χ2v) is 2.88. The minimum Gasteiger partial charge on any atom is -0.465 e. The first-order chi connectivity index (χ1) is 6.66. The van der Waals surface area contributed by atoms with E-state index in [1.54, 1.807) is 37.3 Å². The molecule has 1 aromatic carbocycles. The number of hydrogen-bond acceptors (Lipinski definition) is 2. The first-order valence-electron chi connectivity index (χ1n) is 4.42. The lowest BCUT2D eigenvalue weighted by atomic mass is 10.2. The van der Waals surface area contributed by atoms with Crippen LogP contribution in [0.3, 0.4) is 0 Å². The largest absolute Gasteiger partial charge is 0.465 e. The van der Waals surface area contributed by atoms with Crippen molar-refractivity contribution in [3.63, 3.8) is 0 Å². The number of amides is 1. The molecule has 0 spiro atoms. The van der Waals surface area contributed by atoms with Crippen molar-refractivity contribution in [1.82, 2.24) is 0 Å². The number of carbonyl (C=O) groups is 1. The predicted octanol–water partition coefficient (Wildman–Crippen LogP) is 1.90. The van der Waals surface area contributed by atoms with Crippen molar-refractivity contribution in [3.05, 3.63) is 30.3 Å². The Morgan fingerprint density at radius 3 is 2.43 bits per heavy atom. The number of carboxylic acid groups (broad SMARTS) is 1. The van der Waals surface area contributed by atoms with Gasteiger partial charge in [0.1, 0.15) is 6.23 Å². The van der Waals surface area contributed by atoms with Crippen LogP contribution in [0.15, 0.2) is 30.3 Å². The lowest BCUT2D eigenvalue weighted by molar-refractivity contribution is 0.144. The van der Waals surface area contributed by atoms with Gasteiger partial charge in [0, 0.05) is 5.69 Å². The standard InChI is InChI=1S/C10H13NO3/c1-2-9(12)11(10(13)14)8-6-4-3-5-7-8/h3-7,9,12H,2H2,1H3,(H,13,14). The second-order valence-electron chi connectivity index (χ2n) is 2.88. The third-order valence-corrected chi connectivity index (χ3v) is 1.90. The number of anilines is 1. The number of aliphatic hydroxyl groups is 1. The summed E-state index contributed by atoms with van der Waals surface area (Å²) < 4.78 is 0. The van der Waals surface area contributed by atoms with Crippen molar-refractivity contribution < 1.29 is 15.0 Å². The van der Waals surface area contributed by atoms with E-state index in [4.69, 9.17) is 5.11 Å². The summed E-state index contributed by atoms with van der Waals surface area (Å²) in [5, 5.41) is 18.4. The number of hydrogen-bond donors (Lipinski definition) is 2. The summed E-state index contributed by atoms with van der Waals surface area (Å²) >= 11 is 0. The average molecular weight is 195 g/mol. The molecular formula is C10H13NO3. The van der Waals surface area contributed by atoms with Crippen molar-refractivity contribution in [2.45, 2.75) is 19.6 Å². The smallest absolute Gasteiger partial charge is 0.413 e. The number of rotatable bonds is 3. The van der Waals surface area contributed by atoms with Crippen LogP contribution in [-0.2, 0) is 0 Å². The van der Waals surface area contributed by atoms with Crippen molar-refractivity contribution in [1.29, 1.82) is 0 Å². The molecule has 1 atom stereocenters. The van der Waals surface area contributed by atoms with Crippen LogP contribution in [0.4, 0.5) is 10.5 Å². The molecule has 0 aliphatic heterocycles. The van der Waals surface area contributed by atoms with E-state index >= 15 is 0 Å². The highest BCUT2D eigenvalue weighted by atomic mass is 16.4. The third-order valence-electron chi connectivity index (χ3n) is 1.90. The third kappa shape index (κ3) is 2.23. The molecule has 4 heteroatoms. The first kappa shape index (κ1) is 10.5. The van der Waals surface area contributed by atoms with Crippen LogP contribution in [0.5, 0.6) is 0 Å². The highest BCUT2D eigenvalue weighted by Gasteiger charge is 2.20. The van der Waals surface area contributed by atoms with Crippen molar-refractivity contribution in [2.24, 2.45) is 0 Å². The van der Waals surface area contributed by atoms with E-state index in [0.717, 1.165) is 4.90 Å². The molecule has 0 saturated carbocycles. The van der Waals surface area contributed by atoms with Gasteiger partial charge in [-0.3, -0.25) is 4.90 Å². The van der Waals surface area contributed by atoms with Gasteiger partial charge < -0.3 is 10.2 Å². The van der Waals surface area contributed by atoms with Crippen molar-refractivity contribution in [3.8, 4) is 0 Å². The number of para-hydroxylation sites is 1. The van der Waals surface area contributed by atoms with Crippen LogP contribution in [0.2, 0.25) is 0 Å². The molecule has 1 rings (SSSR count). The molecule has 1 aromatic rings. The fourth-order valence-corrected chi connectivity index (χ4v) is 1.18. The van der Waals surface area contributed by atoms with E-state index in [2.05, 4.69) is 0 Å². The van der Waals surface area contributed by atoms with Gasteiger partial charge in [0.2, 0.25) is 0 Å². The van der Waals surface area contributed by atoms with Gasteiger partial charge in [-0.2, -0.15) is 0 Å². The fraction of sp³-hybridized carbons (Fsp3) is 0.300. The molecule has 0 radical (unpaired) electrons. The normalized spacial score (nSPS) is 12.1. The molecule has 76 valence electrons. The molecule has 0 aromatic heterocycles. The Morgan fingerprint density at radius 2 is 2.00 bits per heavy atom. The maximum absolute atomic E-state index is 10.9. The second kappa shape index (κ2) is 4.62. The van der Waals surface area contributed by atoms with Gasteiger partial charge in [0.15, 0.2) is 0 Å². The Morgan fingerprint density at radius 1 is 1.43 bits per heavy atom. The van der Waals surface area contributed by atoms with Gasteiger partial charge in [0.25, 0.3) is 0 Å².